The lowest BCUT2D eigenvalue weighted by Crippen LogP contribution is -2.49. The SMILES string of the molecule is CC(C)C(CNC(=O)[C@H]1Cc2ccccc2CN1)C(=O)O. The molecule has 1 heterocycles. The summed E-state index contributed by atoms with van der Waals surface area (Å²) in [5.41, 5.74) is 2.39. The molecule has 5 nitrogen and oxygen atoms in total. The van der Waals surface area contributed by atoms with Crippen LogP contribution in [-0.2, 0) is 22.6 Å². The van der Waals surface area contributed by atoms with Gasteiger partial charge in [0.15, 0.2) is 0 Å². The molecule has 0 saturated carbocycles. The average molecular weight is 290 g/mol. The molecule has 0 bridgehead atoms. The molecule has 1 unspecified atom stereocenters. The lowest BCUT2D eigenvalue weighted by atomic mass is 9.94. The van der Waals surface area contributed by atoms with Gasteiger partial charge in [-0.2, -0.15) is 0 Å². The fourth-order valence-electron chi connectivity index (χ4n) is 2.58. The minimum atomic E-state index is -0.868. The Morgan fingerprint density at radius 2 is 2.00 bits per heavy atom. The zero-order chi connectivity index (χ0) is 15.4. The van der Waals surface area contributed by atoms with E-state index in [0.717, 1.165) is 0 Å². The van der Waals surface area contributed by atoms with Gasteiger partial charge in [-0.25, -0.2) is 0 Å². The number of fused-ring (bicyclic) bond motifs is 1. The summed E-state index contributed by atoms with van der Waals surface area (Å²) in [5, 5.41) is 15.1. The predicted molar refractivity (Wildman–Crippen MR) is 79.7 cm³/mol. The molecule has 0 saturated heterocycles. The summed E-state index contributed by atoms with van der Waals surface area (Å²) in [6.07, 6.45) is 0.640. The number of amides is 1. The molecule has 3 N–H and O–H groups in total. The number of carbonyl (C=O) groups is 2. The highest BCUT2D eigenvalue weighted by atomic mass is 16.4. The van der Waals surface area contributed by atoms with Gasteiger partial charge in [0.25, 0.3) is 0 Å². The quantitative estimate of drug-likeness (QED) is 0.761. The molecule has 0 fully saturated rings. The first-order valence-corrected chi connectivity index (χ1v) is 7.29. The molecule has 1 aliphatic rings. The molecule has 1 amide bonds. The van der Waals surface area contributed by atoms with E-state index in [9.17, 15) is 9.59 Å². The number of nitrogens with one attached hydrogen (secondary N) is 2. The average Bonchev–Trinajstić information content (AvgIpc) is 2.46. The lowest BCUT2D eigenvalue weighted by Gasteiger charge is -2.26. The van der Waals surface area contributed by atoms with Crippen LogP contribution in [0, 0.1) is 11.8 Å². The van der Waals surface area contributed by atoms with Crippen LogP contribution in [0.25, 0.3) is 0 Å². The first-order valence-electron chi connectivity index (χ1n) is 7.29. The number of rotatable bonds is 5. The van der Waals surface area contributed by atoms with Gasteiger partial charge in [-0.1, -0.05) is 38.1 Å². The number of carbonyl (C=O) groups excluding carboxylic acids is 1. The Kier molecular flexibility index (Phi) is 4.96. The largest absolute Gasteiger partial charge is 0.481 e. The summed E-state index contributed by atoms with van der Waals surface area (Å²) >= 11 is 0. The van der Waals surface area contributed by atoms with Gasteiger partial charge in [0.05, 0.1) is 12.0 Å². The van der Waals surface area contributed by atoms with E-state index in [1.54, 1.807) is 0 Å². The summed E-state index contributed by atoms with van der Waals surface area (Å²) in [4.78, 5) is 23.3. The second-order valence-corrected chi connectivity index (χ2v) is 5.84. The Labute approximate surface area is 124 Å². The van der Waals surface area contributed by atoms with Gasteiger partial charge in [-0.05, 0) is 23.5 Å². The maximum atomic E-state index is 12.2. The van der Waals surface area contributed by atoms with E-state index < -0.39 is 11.9 Å². The Bertz CT molecular complexity index is 528. The second-order valence-electron chi connectivity index (χ2n) is 5.84. The zero-order valence-corrected chi connectivity index (χ0v) is 12.4. The van der Waals surface area contributed by atoms with E-state index >= 15 is 0 Å². The fourth-order valence-corrected chi connectivity index (χ4v) is 2.58. The van der Waals surface area contributed by atoms with E-state index in [4.69, 9.17) is 5.11 Å². The van der Waals surface area contributed by atoms with Crippen LogP contribution in [0.5, 0.6) is 0 Å². The third kappa shape index (κ3) is 3.82. The van der Waals surface area contributed by atoms with E-state index in [1.165, 1.54) is 11.1 Å². The number of benzene rings is 1. The van der Waals surface area contributed by atoms with E-state index in [0.29, 0.717) is 13.0 Å². The molecular formula is C16H22N2O3. The highest BCUT2D eigenvalue weighted by Crippen LogP contribution is 2.16. The minimum Gasteiger partial charge on any atom is -0.481 e. The van der Waals surface area contributed by atoms with Crippen LogP contribution in [0.1, 0.15) is 25.0 Å². The molecule has 2 atom stereocenters. The lowest BCUT2D eigenvalue weighted by molar-refractivity contribution is -0.143. The summed E-state index contributed by atoms with van der Waals surface area (Å²) in [6.45, 7) is 4.53. The fraction of sp³-hybridized carbons (Fsp3) is 0.500. The van der Waals surface area contributed by atoms with Gasteiger partial charge < -0.3 is 15.7 Å². The van der Waals surface area contributed by atoms with Gasteiger partial charge in [0.2, 0.25) is 5.91 Å². The number of hydrogen-bond donors (Lipinski definition) is 3. The van der Waals surface area contributed by atoms with Crippen LogP contribution in [0.3, 0.4) is 0 Å². The topological polar surface area (TPSA) is 78.4 Å². The maximum Gasteiger partial charge on any atom is 0.308 e. The molecular weight excluding hydrogens is 268 g/mol. The third-order valence-corrected chi connectivity index (χ3v) is 4.02. The number of hydrogen-bond acceptors (Lipinski definition) is 3. The minimum absolute atomic E-state index is 0.0113. The molecule has 0 spiro atoms. The van der Waals surface area contributed by atoms with Crippen LogP contribution < -0.4 is 10.6 Å². The molecule has 0 radical (unpaired) electrons. The highest BCUT2D eigenvalue weighted by Gasteiger charge is 2.26. The standard InChI is InChI=1S/C16H22N2O3/c1-10(2)13(16(20)21)9-18-15(19)14-7-11-5-3-4-6-12(11)8-17-14/h3-6,10,13-14,17H,7-9H2,1-2H3,(H,18,19)(H,20,21)/t13?,14-/m1/s1. The van der Waals surface area contributed by atoms with Crippen LogP contribution in [0.15, 0.2) is 24.3 Å². The smallest absolute Gasteiger partial charge is 0.308 e. The van der Waals surface area contributed by atoms with E-state index in [-0.39, 0.29) is 24.4 Å². The molecule has 0 aliphatic carbocycles. The van der Waals surface area contributed by atoms with Crippen molar-refractivity contribution in [1.82, 2.24) is 10.6 Å². The normalized spacial score (nSPS) is 18.9. The van der Waals surface area contributed by atoms with E-state index in [2.05, 4.69) is 16.7 Å². The Morgan fingerprint density at radius 1 is 1.33 bits per heavy atom. The Morgan fingerprint density at radius 3 is 2.62 bits per heavy atom. The van der Waals surface area contributed by atoms with Gasteiger partial charge >= 0.3 is 5.97 Å². The number of carboxylic acids is 1. The Hall–Kier alpha value is -1.88. The molecule has 5 heteroatoms. The monoisotopic (exact) mass is 290 g/mol. The maximum absolute atomic E-state index is 12.2. The summed E-state index contributed by atoms with van der Waals surface area (Å²) in [5.74, 6) is -1.56. The molecule has 1 aromatic carbocycles. The van der Waals surface area contributed by atoms with Crippen molar-refractivity contribution >= 4 is 11.9 Å². The van der Waals surface area contributed by atoms with Crippen molar-refractivity contribution in [3.63, 3.8) is 0 Å². The molecule has 21 heavy (non-hydrogen) atoms. The molecule has 2 rings (SSSR count). The van der Waals surface area contributed by atoms with Crippen LogP contribution in [0.4, 0.5) is 0 Å². The highest BCUT2D eigenvalue weighted by molar-refractivity contribution is 5.83. The summed E-state index contributed by atoms with van der Waals surface area (Å²) in [6, 6.07) is 7.75. The Balaban J connectivity index is 1.92. The second kappa shape index (κ2) is 6.72. The van der Waals surface area contributed by atoms with Crippen molar-refractivity contribution in [3.05, 3.63) is 35.4 Å². The predicted octanol–water partition coefficient (Wildman–Crippen LogP) is 1.17. The van der Waals surface area contributed by atoms with Crippen molar-refractivity contribution in [2.45, 2.75) is 32.9 Å². The molecule has 1 aromatic rings. The molecule has 0 aromatic heterocycles. The summed E-state index contributed by atoms with van der Waals surface area (Å²) in [7, 11) is 0. The van der Waals surface area contributed by atoms with Crippen molar-refractivity contribution in [3.8, 4) is 0 Å². The van der Waals surface area contributed by atoms with Crippen molar-refractivity contribution in [2.75, 3.05) is 6.54 Å². The first kappa shape index (κ1) is 15.5. The summed E-state index contributed by atoms with van der Waals surface area (Å²) < 4.78 is 0. The van der Waals surface area contributed by atoms with Gasteiger partial charge in [0, 0.05) is 13.1 Å². The van der Waals surface area contributed by atoms with Crippen LogP contribution in [0.2, 0.25) is 0 Å². The number of aliphatic carboxylic acids is 1. The molecule has 1 aliphatic heterocycles. The van der Waals surface area contributed by atoms with Crippen LogP contribution >= 0.6 is 0 Å². The molecule has 114 valence electrons. The van der Waals surface area contributed by atoms with Gasteiger partial charge in [-0.3, -0.25) is 9.59 Å². The van der Waals surface area contributed by atoms with E-state index in [1.807, 2.05) is 32.0 Å². The zero-order valence-electron chi connectivity index (χ0n) is 12.4. The first-order chi connectivity index (χ1) is 9.99. The van der Waals surface area contributed by atoms with Crippen LogP contribution in [-0.4, -0.2) is 29.6 Å². The van der Waals surface area contributed by atoms with Crippen molar-refractivity contribution in [1.29, 1.82) is 0 Å². The number of carboxylic acid groups (broad SMARTS) is 1. The van der Waals surface area contributed by atoms with Gasteiger partial charge in [-0.15, -0.1) is 0 Å². The third-order valence-electron chi connectivity index (χ3n) is 4.02. The van der Waals surface area contributed by atoms with Gasteiger partial charge in [0.1, 0.15) is 0 Å². The van der Waals surface area contributed by atoms with Crippen molar-refractivity contribution < 1.29 is 14.7 Å². The van der Waals surface area contributed by atoms with Crippen molar-refractivity contribution in [2.24, 2.45) is 11.8 Å².